The van der Waals surface area contributed by atoms with Crippen LogP contribution in [0.3, 0.4) is 0 Å². The molecule has 1 amide bonds. The van der Waals surface area contributed by atoms with Crippen molar-refractivity contribution < 1.29 is 19.0 Å². The molecule has 0 bridgehead atoms. The fourth-order valence-electron chi connectivity index (χ4n) is 2.82. The van der Waals surface area contributed by atoms with Crippen molar-refractivity contribution in [3.05, 3.63) is 34.0 Å². The van der Waals surface area contributed by atoms with Gasteiger partial charge in [-0.3, -0.25) is 4.79 Å². The number of hydrogen-bond acceptors (Lipinski definition) is 5. The van der Waals surface area contributed by atoms with Crippen LogP contribution in [0, 0.1) is 0 Å². The number of carbonyl (C=O) groups excluding carboxylic acids is 1. The number of thiophene rings is 1. The summed E-state index contributed by atoms with van der Waals surface area (Å²) in [5.41, 5.74) is 1.81. The number of amides is 1. The summed E-state index contributed by atoms with van der Waals surface area (Å²) < 4.78 is 16.3. The van der Waals surface area contributed by atoms with Gasteiger partial charge >= 0.3 is 0 Å². The number of hydrogen-bond donors (Lipinski definition) is 1. The molecule has 0 spiro atoms. The highest BCUT2D eigenvalue weighted by atomic mass is 32.1. The summed E-state index contributed by atoms with van der Waals surface area (Å²) in [7, 11) is 4.76. The van der Waals surface area contributed by atoms with Gasteiger partial charge in [-0.15, -0.1) is 11.3 Å². The molecule has 3 rings (SSSR count). The fraction of sp³-hybridized carbons (Fsp3) is 0.312. The molecule has 0 aliphatic carbocycles. The van der Waals surface area contributed by atoms with Gasteiger partial charge in [0, 0.05) is 22.8 Å². The van der Waals surface area contributed by atoms with Crippen LogP contribution < -0.4 is 19.5 Å². The van der Waals surface area contributed by atoms with E-state index in [-0.39, 0.29) is 11.8 Å². The molecule has 0 radical (unpaired) electrons. The van der Waals surface area contributed by atoms with E-state index in [1.165, 1.54) is 0 Å². The van der Waals surface area contributed by atoms with Crippen LogP contribution in [0.5, 0.6) is 17.2 Å². The smallest absolute Gasteiger partial charge is 0.225 e. The van der Waals surface area contributed by atoms with Crippen LogP contribution >= 0.6 is 11.3 Å². The maximum atomic E-state index is 12.0. The first kappa shape index (κ1) is 14.7. The van der Waals surface area contributed by atoms with Gasteiger partial charge in [-0.2, -0.15) is 0 Å². The molecular weight excluding hydrogens is 302 g/mol. The monoisotopic (exact) mass is 319 g/mol. The van der Waals surface area contributed by atoms with E-state index < -0.39 is 0 Å². The third-order valence-electron chi connectivity index (χ3n) is 3.79. The number of fused-ring (bicyclic) bond motifs is 1. The summed E-state index contributed by atoms with van der Waals surface area (Å²) in [6.45, 7) is 0. The third kappa shape index (κ3) is 2.29. The van der Waals surface area contributed by atoms with Gasteiger partial charge in [-0.25, -0.2) is 0 Å². The SMILES string of the molecule is COc1ccc(C2CC(=O)Nc3ccsc32)c(OC)c1OC. The van der Waals surface area contributed by atoms with Crippen LogP contribution in [-0.2, 0) is 4.79 Å². The van der Waals surface area contributed by atoms with Crippen molar-refractivity contribution in [3.8, 4) is 17.2 Å². The molecule has 2 heterocycles. The van der Waals surface area contributed by atoms with E-state index in [1.807, 2.05) is 23.6 Å². The summed E-state index contributed by atoms with van der Waals surface area (Å²) in [5.74, 6) is 1.73. The Bertz CT molecular complexity index is 710. The highest BCUT2D eigenvalue weighted by molar-refractivity contribution is 7.10. The molecule has 6 heteroatoms. The van der Waals surface area contributed by atoms with Crippen molar-refractivity contribution >= 4 is 22.9 Å². The van der Waals surface area contributed by atoms with Gasteiger partial charge in [0.05, 0.1) is 27.0 Å². The zero-order valence-corrected chi connectivity index (χ0v) is 13.5. The largest absolute Gasteiger partial charge is 0.493 e. The van der Waals surface area contributed by atoms with Gasteiger partial charge in [0.2, 0.25) is 11.7 Å². The van der Waals surface area contributed by atoms with Crippen molar-refractivity contribution in [2.45, 2.75) is 12.3 Å². The molecule has 1 atom stereocenters. The van der Waals surface area contributed by atoms with Crippen LogP contribution in [0.2, 0.25) is 0 Å². The van der Waals surface area contributed by atoms with Crippen LogP contribution in [0.25, 0.3) is 0 Å². The van der Waals surface area contributed by atoms with Crippen molar-refractivity contribution in [3.63, 3.8) is 0 Å². The summed E-state index contributed by atoms with van der Waals surface area (Å²) in [6.07, 6.45) is 0.388. The molecule has 1 aliphatic heterocycles. The molecule has 1 aromatic heterocycles. The van der Waals surface area contributed by atoms with Gasteiger partial charge in [0.15, 0.2) is 11.5 Å². The van der Waals surface area contributed by atoms with Gasteiger partial charge in [-0.1, -0.05) is 6.07 Å². The minimum atomic E-state index is -0.0430. The molecule has 1 unspecified atom stereocenters. The van der Waals surface area contributed by atoms with Crippen LogP contribution in [0.15, 0.2) is 23.6 Å². The number of methoxy groups -OCH3 is 3. The maximum absolute atomic E-state index is 12.0. The quantitative estimate of drug-likeness (QED) is 0.940. The number of benzene rings is 1. The Balaban J connectivity index is 2.15. The van der Waals surface area contributed by atoms with Gasteiger partial charge in [0.25, 0.3) is 0 Å². The lowest BCUT2D eigenvalue weighted by atomic mass is 9.89. The molecule has 5 nitrogen and oxygen atoms in total. The molecule has 0 fully saturated rings. The lowest BCUT2D eigenvalue weighted by Gasteiger charge is -2.25. The Kier molecular flexibility index (Phi) is 3.94. The lowest BCUT2D eigenvalue weighted by molar-refractivity contribution is -0.116. The second-order valence-electron chi connectivity index (χ2n) is 4.93. The Hall–Kier alpha value is -2.21. The summed E-state index contributed by atoms with van der Waals surface area (Å²) >= 11 is 1.63. The Morgan fingerprint density at radius 1 is 1.09 bits per heavy atom. The lowest BCUT2D eigenvalue weighted by Crippen LogP contribution is -2.22. The maximum Gasteiger partial charge on any atom is 0.225 e. The van der Waals surface area contributed by atoms with Gasteiger partial charge in [-0.05, 0) is 17.5 Å². The summed E-state index contributed by atoms with van der Waals surface area (Å²) in [5, 5.41) is 4.89. The second-order valence-corrected chi connectivity index (χ2v) is 5.87. The van der Waals surface area contributed by atoms with Crippen LogP contribution in [0.1, 0.15) is 22.8 Å². The first-order valence-corrected chi connectivity index (χ1v) is 7.73. The number of carbonyl (C=O) groups is 1. The Morgan fingerprint density at radius 3 is 2.55 bits per heavy atom. The Labute approximate surface area is 132 Å². The molecule has 0 saturated heterocycles. The minimum absolute atomic E-state index is 0.00716. The molecule has 116 valence electrons. The minimum Gasteiger partial charge on any atom is -0.493 e. The number of anilines is 1. The average Bonchev–Trinajstić information content (AvgIpc) is 3.00. The summed E-state index contributed by atoms with van der Waals surface area (Å²) in [4.78, 5) is 13.1. The third-order valence-corrected chi connectivity index (χ3v) is 4.82. The number of ether oxygens (including phenoxy) is 3. The van der Waals surface area contributed by atoms with E-state index in [4.69, 9.17) is 14.2 Å². The summed E-state index contributed by atoms with van der Waals surface area (Å²) in [6, 6.07) is 5.71. The highest BCUT2D eigenvalue weighted by Crippen LogP contribution is 2.48. The predicted octanol–water partition coefficient (Wildman–Crippen LogP) is 3.25. The molecule has 0 saturated carbocycles. The van der Waals surface area contributed by atoms with Crippen molar-refractivity contribution in [1.29, 1.82) is 0 Å². The van der Waals surface area contributed by atoms with Crippen molar-refractivity contribution in [2.24, 2.45) is 0 Å². The standard InChI is InChI=1S/C16H17NO4S/c1-19-12-5-4-9(14(20-2)15(12)21-3)10-8-13(18)17-11-6-7-22-16(10)11/h4-7,10H,8H2,1-3H3,(H,17,18). The number of nitrogens with one attached hydrogen (secondary N) is 1. The van der Waals surface area contributed by atoms with Gasteiger partial charge in [0.1, 0.15) is 0 Å². The topological polar surface area (TPSA) is 56.8 Å². The van der Waals surface area contributed by atoms with Crippen molar-refractivity contribution in [2.75, 3.05) is 26.6 Å². The van der Waals surface area contributed by atoms with Crippen molar-refractivity contribution in [1.82, 2.24) is 0 Å². The van der Waals surface area contributed by atoms with E-state index in [0.717, 1.165) is 16.1 Å². The predicted molar refractivity (Wildman–Crippen MR) is 85.5 cm³/mol. The fourth-order valence-corrected chi connectivity index (χ4v) is 3.79. The Morgan fingerprint density at radius 2 is 1.86 bits per heavy atom. The van der Waals surface area contributed by atoms with E-state index in [1.54, 1.807) is 32.7 Å². The molecule has 1 aromatic carbocycles. The zero-order valence-electron chi connectivity index (χ0n) is 12.6. The highest BCUT2D eigenvalue weighted by Gasteiger charge is 2.31. The van der Waals surface area contributed by atoms with E-state index >= 15 is 0 Å². The first-order valence-electron chi connectivity index (χ1n) is 6.85. The van der Waals surface area contributed by atoms with E-state index in [2.05, 4.69) is 5.32 Å². The molecule has 22 heavy (non-hydrogen) atoms. The van der Waals surface area contributed by atoms with E-state index in [9.17, 15) is 4.79 Å². The van der Waals surface area contributed by atoms with Gasteiger partial charge < -0.3 is 19.5 Å². The van der Waals surface area contributed by atoms with E-state index in [0.29, 0.717) is 23.7 Å². The average molecular weight is 319 g/mol. The molecule has 1 aliphatic rings. The van der Waals surface area contributed by atoms with Crippen LogP contribution in [-0.4, -0.2) is 27.2 Å². The first-order chi connectivity index (χ1) is 10.7. The molecule has 2 aromatic rings. The molecular formula is C16H17NO4S. The number of rotatable bonds is 4. The zero-order chi connectivity index (χ0) is 15.7. The normalized spacial score (nSPS) is 16.7. The molecule has 1 N–H and O–H groups in total. The van der Waals surface area contributed by atoms with Crippen LogP contribution in [0.4, 0.5) is 5.69 Å². The second kappa shape index (κ2) is 5.88.